The highest BCUT2D eigenvalue weighted by molar-refractivity contribution is 9.10. The number of ether oxygens (including phenoxy) is 1. The second kappa shape index (κ2) is 7.39. The van der Waals surface area contributed by atoms with Gasteiger partial charge in [-0.15, -0.1) is 0 Å². The predicted octanol–water partition coefficient (Wildman–Crippen LogP) is 2.72. The summed E-state index contributed by atoms with van der Waals surface area (Å²) < 4.78 is 4.93. The monoisotopic (exact) mass is 358 g/mol. The second-order valence-corrected chi connectivity index (χ2v) is 4.65. The maximum absolute atomic E-state index is 11.4. The van der Waals surface area contributed by atoms with Crippen molar-refractivity contribution in [3.05, 3.63) is 44.9 Å². The summed E-state index contributed by atoms with van der Waals surface area (Å²) >= 11 is 3.06. The Morgan fingerprint density at radius 3 is 2.71 bits per heavy atom. The molecule has 1 aromatic rings. The predicted molar refractivity (Wildman–Crippen MR) is 77.3 cm³/mol. The van der Waals surface area contributed by atoms with Gasteiger partial charge in [-0.2, -0.15) is 0 Å². The SMILES string of the molecule is C=CCOC(=O)Nc1cc(CC(=O)O)c(Br)cc1[N+](=O)[O-]. The Kier molecular flexibility index (Phi) is 5.85. The summed E-state index contributed by atoms with van der Waals surface area (Å²) in [6.45, 7) is 3.30. The number of nitro groups is 1. The summed E-state index contributed by atoms with van der Waals surface area (Å²) in [5.41, 5.74) is -0.243. The number of anilines is 1. The summed E-state index contributed by atoms with van der Waals surface area (Å²) in [7, 11) is 0. The van der Waals surface area contributed by atoms with E-state index in [0.717, 1.165) is 6.07 Å². The zero-order chi connectivity index (χ0) is 16.0. The number of nitrogens with zero attached hydrogens (tertiary/aromatic N) is 1. The van der Waals surface area contributed by atoms with Crippen LogP contribution < -0.4 is 5.32 Å². The molecule has 0 bridgehead atoms. The normalized spacial score (nSPS) is 9.76. The molecule has 0 atom stereocenters. The molecular formula is C12H11BrN2O6. The highest BCUT2D eigenvalue weighted by atomic mass is 79.9. The van der Waals surface area contributed by atoms with Crippen molar-refractivity contribution in [2.24, 2.45) is 0 Å². The van der Waals surface area contributed by atoms with E-state index in [0.29, 0.717) is 0 Å². The van der Waals surface area contributed by atoms with Gasteiger partial charge in [-0.05, 0) is 11.6 Å². The first-order valence-electron chi connectivity index (χ1n) is 5.58. The highest BCUT2D eigenvalue weighted by Crippen LogP contribution is 2.32. The molecule has 112 valence electrons. The lowest BCUT2D eigenvalue weighted by Crippen LogP contribution is -2.15. The lowest BCUT2D eigenvalue weighted by molar-refractivity contribution is -0.384. The van der Waals surface area contributed by atoms with Crippen molar-refractivity contribution in [1.82, 2.24) is 0 Å². The standard InChI is InChI=1S/C12H11BrN2O6/c1-2-3-21-12(18)14-9-4-7(5-11(16)17)8(13)6-10(9)15(19)20/h2,4,6H,1,3,5H2,(H,14,18)(H,16,17). The third-order valence-corrected chi connectivity index (χ3v) is 3.01. The number of rotatable bonds is 6. The fourth-order valence-corrected chi connectivity index (χ4v) is 1.91. The first-order valence-corrected chi connectivity index (χ1v) is 6.37. The molecule has 0 fully saturated rings. The van der Waals surface area contributed by atoms with Crippen LogP contribution in [0.1, 0.15) is 5.56 Å². The molecule has 2 N–H and O–H groups in total. The number of carboxylic acids is 1. The molecule has 0 heterocycles. The van der Waals surface area contributed by atoms with E-state index in [2.05, 4.69) is 32.6 Å². The number of aliphatic carboxylic acids is 1. The smallest absolute Gasteiger partial charge is 0.412 e. The van der Waals surface area contributed by atoms with Crippen molar-refractivity contribution < 1.29 is 24.4 Å². The van der Waals surface area contributed by atoms with E-state index in [1.165, 1.54) is 12.1 Å². The molecule has 0 radical (unpaired) electrons. The first-order chi connectivity index (χ1) is 9.85. The van der Waals surface area contributed by atoms with Crippen molar-refractivity contribution in [1.29, 1.82) is 0 Å². The fraction of sp³-hybridized carbons (Fsp3) is 0.167. The van der Waals surface area contributed by atoms with Crippen LogP contribution in [0.2, 0.25) is 0 Å². The summed E-state index contributed by atoms with van der Waals surface area (Å²) in [4.78, 5) is 32.4. The van der Waals surface area contributed by atoms with Crippen LogP contribution in [0.5, 0.6) is 0 Å². The zero-order valence-electron chi connectivity index (χ0n) is 10.7. The van der Waals surface area contributed by atoms with Crippen molar-refractivity contribution in [3.8, 4) is 0 Å². The highest BCUT2D eigenvalue weighted by Gasteiger charge is 2.20. The quantitative estimate of drug-likeness (QED) is 0.458. The summed E-state index contributed by atoms with van der Waals surface area (Å²) in [6, 6.07) is 2.34. The Labute approximate surface area is 127 Å². The van der Waals surface area contributed by atoms with Crippen molar-refractivity contribution in [3.63, 3.8) is 0 Å². The van der Waals surface area contributed by atoms with Crippen molar-refractivity contribution in [2.45, 2.75) is 6.42 Å². The van der Waals surface area contributed by atoms with Crippen LogP contribution in [0.4, 0.5) is 16.2 Å². The molecule has 0 aliphatic heterocycles. The largest absolute Gasteiger partial charge is 0.481 e. The first kappa shape index (κ1) is 16.6. The summed E-state index contributed by atoms with van der Waals surface area (Å²) in [5.74, 6) is -1.11. The molecule has 0 saturated heterocycles. The molecule has 0 aliphatic rings. The van der Waals surface area contributed by atoms with Gasteiger partial charge in [-0.25, -0.2) is 4.79 Å². The third kappa shape index (κ3) is 4.88. The number of hydrogen-bond donors (Lipinski definition) is 2. The molecule has 0 aliphatic carbocycles. The van der Waals surface area contributed by atoms with Crippen molar-refractivity contribution >= 4 is 39.4 Å². The van der Waals surface area contributed by atoms with E-state index in [1.807, 2.05) is 0 Å². The maximum atomic E-state index is 11.4. The Balaban J connectivity index is 3.13. The van der Waals surface area contributed by atoms with E-state index in [4.69, 9.17) is 5.11 Å². The van der Waals surface area contributed by atoms with Crippen molar-refractivity contribution in [2.75, 3.05) is 11.9 Å². The number of carboxylic acid groups (broad SMARTS) is 1. The van der Waals surface area contributed by atoms with Crippen LogP contribution >= 0.6 is 15.9 Å². The molecule has 0 spiro atoms. The zero-order valence-corrected chi connectivity index (χ0v) is 12.3. The summed E-state index contributed by atoms with van der Waals surface area (Å²) in [5, 5.41) is 21.9. The molecular weight excluding hydrogens is 348 g/mol. The van der Waals surface area contributed by atoms with E-state index in [9.17, 15) is 19.7 Å². The van der Waals surface area contributed by atoms with E-state index < -0.39 is 17.0 Å². The van der Waals surface area contributed by atoms with Gasteiger partial charge in [-0.1, -0.05) is 28.6 Å². The second-order valence-electron chi connectivity index (χ2n) is 3.80. The van der Waals surface area contributed by atoms with E-state index in [1.54, 1.807) is 0 Å². The number of carbonyl (C=O) groups is 2. The fourth-order valence-electron chi connectivity index (χ4n) is 1.44. The van der Waals surface area contributed by atoms with Crippen LogP contribution in [0.3, 0.4) is 0 Å². The van der Waals surface area contributed by atoms with Gasteiger partial charge in [0.1, 0.15) is 12.3 Å². The number of amides is 1. The van der Waals surface area contributed by atoms with Gasteiger partial charge >= 0.3 is 12.1 Å². The minimum Gasteiger partial charge on any atom is -0.481 e. The average Bonchev–Trinajstić information content (AvgIpc) is 2.39. The van der Waals surface area contributed by atoms with Gasteiger partial charge in [-0.3, -0.25) is 20.2 Å². The van der Waals surface area contributed by atoms with Crippen LogP contribution in [0.25, 0.3) is 0 Å². The number of nitrogens with one attached hydrogen (secondary N) is 1. The van der Waals surface area contributed by atoms with Crippen LogP contribution in [-0.2, 0) is 16.0 Å². The molecule has 8 nitrogen and oxygen atoms in total. The van der Waals surface area contributed by atoms with Crippen LogP contribution in [0.15, 0.2) is 29.3 Å². The number of nitro benzene ring substituents is 1. The van der Waals surface area contributed by atoms with Gasteiger partial charge in [0.25, 0.3) is 5.69 Å². The minimum absolute atomic E-state index is 0.0574. The number of halogens is 1. The topological polar surface area (TPSA) is 119 Å². The number of benzene rings is 1. The summed E-state index contributed by atoms with van der Waals surface area (Å²) in [6.07, 6.45) is 0.0852. The molecule has 0 saturated carbocycles. The molecule has 1 aromatic carbocycles. The lowest BCUT2D eigenvalue weighted by atomic mass is 10.1. The third-order valence-electron chi connectivity index (χ3n) is 2.27. The van der Waals surface area contributed by atoms with Gasteiger partial charge < -0.3 is 9.84 Å². The molecule has 0 unspecified atom stereocenters. The number of carbonyl (C=O) groups excluding carboxylic acids is 1. The molecule has 9 heteroatoms. The molecule has 21 heavy (non-hydrogen) atoms. The number of hydrogen-bond acceptors (Lipinski definition) is 5. The Bertz CT molecular complexity index is 602. The Hall–Kier alpha value is -2.42. The molecule has 1 rings (SSSR count). The van der Waals surface area contributed by atoms with Gasteiger partial charge in [0.05, 0.1) is 11.3 Å². The molecule has 0 aromatic heterocycles. The van der Waals surface area contributed by atoms with Crippen LogP contribution in [0, 0.1) is 10.1 Å². The van der Waals surface area contributed by atoms with Gasteiger partial charge in [0, 0.05) is 10.5 Å². The van der Waals surface area contributed by atoms with E-state index >= 15 is 0 Å². The Morgan fingerprint density at radius 2 is 2.19 bits per heavy atom. The average molecular weight is 359 g/mol. The maximum Gasteiger partial charge on any atom is 0.412 e. The Morgan fingerprint density at radius 1 is 1.52 bits per heavy atom. The van der Waals surface area contributed by atoms with Gasteiger partial charge in [0.15, 0.2) is 0 Å². The van der Waals surface area contributed by atoms with E-state index in [-0.39, 0.29) is 34.4 Å². The lowest BCUT2D eigenvalue weighted by Gasteiger charge is -2.09. The van der Waals surface area contributed by atoms with Gasteiger partial charge in [0.2, 0.25) is 0 Å². The van der Waals surface area contributed by atoms with Crippen LogP contribution in [-0.4, -0.2) is 28.7 Å². The molecule has 1 amide bonds. The minimum atomic E-state index is -1.11.